The fraction of sp³-hybridized carbons (Fsp3) is 0.438. The number of halogens is 1. The average molecular weight is 412 g/mol. The monoisotopic (exact) mass is 411 g/mol. The van der Waals surface area contributed by atoms with Gasteiger partial charge in [0.1, 0.15) is 10.6 Å². The smallest absolute Gasteiger partial charge is 0.276 e. The summed E-state index contributed by atoms with van der Waals surface area (Å²) < 4.78 is 33.4. The van der Waals surface area contributed by atoms with Crippen molar-refractivity contribution in [1.82, 2.24) is 24.6 Å². The number of carbonyl (C=O) groups excluding carboxylic acids is 1. The maximum Gasteiger partial charge on any atom is 0.276 e. The van der Waals surface area contributed by atoms with Crippen LogP contribution in [0, 0.1) is 0 Å². The lowest BCUT2D eigenvalue weighted by Gasteiger charge is -2.39. The van der Waals surface area contributed by atoms with Gasteiger partial charge in [-0.05, 0) is 31.0 Å². The molecule has 1 N–H and O–H groups in total. The van der Waals surface area contributed by atoms with Crippen LogP contribution in [0.15, 0.2) is 29.3 Å². The Morgan fingerprint density at radius 1 is 1.30 bits per heavy atom. The third-order valence-electron chi connectivity index (χ3n) is 5.02. The van der Waals surface area contributed by atoms with Crippen LogP contribution in [0.2, 0.25) is 5.02 Å². The third-order valence-corrected chi connectivity index (χ3v) is 7.28. The zero-order chi connectivity index (χ0) is 19.2. The van der Waals surface area contributed by atoms with Gasteiger partial charge in [-0.15, -0.1) is 0 Å². The van der Waals surface area contributed by atoms with Crippen LogP contribution < -0.4 is 4.74 Å². The van der Waals surface area contributed by atoms with Gasteiger partial charge in [0.25, 0.3) is 5.91 Å². The largest absolute Gasteiger partial charge is 0.495 e. The summed E-state index contributed by atoms with van der Waals surface area (Å²) in [6.07, 6.45) is 2.74. The van der Waals surface area contributed by atoms with Gasteiger partial charge in [0, 0.05) is 30.2 Å². The highest BCUT2D eigenvalue weighted by Gasteiger charge is 2.48. The number of ether oxygens (including phenoxy) is 1. The van der Waals surface area contributed by atoms with Gasteiger partial charge in [0.15, 0.2) is 5.69 Å². The van der Waals surface area contributed by atoms with E-state index in [0.717, 1.165) is 0 Å². The predicted molar refractivity (Wildman–Crippen MR) is 96.1 cm³/mol. The first-order chi connectivity index (χ1) is 12.9. The Morgan fingerprint density at radius 2 is 2.00 bits per heavy atom. The first-order valence-corrected chi connectivity index (χ1v) is 10.3. The van der Waals surface area contributed by atoms with E-state index in [1.165, 1.54) is 23.7 Å². The van der Waals surface area contributed by atoms with Crippen molar-refractivity contribution in [2.24, 2.45) is 0 Å². The lowest BCUT2D eigenvalue weighted by molar-refractivity contribution is 0.0609. The number of benzene rings is 1. The Kier molecular flexibility index (Phi) is 4.57. The van der Waals surface area contributed by atoms with E-state index in [1.807, 2.05) is 0 Å². The number of sulfonamides is 1. The number of amides is 1. The van der Waals surface area contributed by atoms with E-state index in [4.69, 9.17) is 16.3 Å². The molecule has 2 saturated heterocycles. The molecule has 27 heavy (non-hydrogen) atoms. The van der Waals surface area contributed by atoms with Crippen LogP contribution in [0.1, 0.15) is 23.3 Å². The van der Waals surface area contributed by atoms with Crippen molar-refractivity contribution in [2.75, 3.05) is 20.2 Å². The highest BCUT2D eigenvalue weighted by molar-refractivity contribution is 7.89. The lowest BCUT2D eigenvalue weighted by Crippen LogP contribution is -2.57. The zero-order valence-electron chi connectivity index (χ0n) is 14.5. The summed E-state index contributed by atoms with van der Waals surface area (Å²) in [5, 5.41) is 10.2. The van der Waals surface area contributed by atoms with Crippen molar-refractivity contribution < 1.29 is 17.9 Å². The van der Waals surface area contributed by atoms with Crippen LogP contribution in [0.5, 0.6) is 5.75 Å². The molecule has 144 valence electrons. The fourth-order valence-corrected chi connectivity index (χ4v) is 6.13. The van der Waals surface area contributed by atoms with Crippen LogP contribution in [0.4, 0.5) is 0 Å². The second kappa shape index (κ2) is 6.77. The number of likely N-dealkylation sites (tertiary alicyclic amines) is 1. The van der Waals surface area contributed by atoms with Crippen molar-refractivity contribution in [3.8, 4) is 5.75 Å². The molecule has 11 heteroatoms. The Morgan fingerprint density at radius 3 is 2.59 bits per heavy atom. The summed E-state index contributed by atoms with van der Waals surface area (Å²) >= 11 is 6.02. The molecule has 1 aromatic carbocycles. The fourth-order valence-electron chi connectivity index (χ4n) is 3.85. The second-order valence-corrected chi connectivity index (χ2v) is 8.83. The molecular weight excluding hydrogens is 394 g/mol. The molecule has 1 amide bonds. The van der Waals surface area contributed by atoms with Crippen LogP contribution in [0.25, 0.3) is 0 Å². The van der Waals surface area contributed by atoms with Crippen molar-refractivity contribution in [3.05, 3.63) is 35.1 Å². The first-order valence-electron chi connectivity index (χ1n) is 8.44. The van der Waals surface area contributed by atoms with Gasteiger partial charge in [-0.25, -0.2) is 8.42 Å². The molecular formula is C16H18ClN5O4S. The quantitative estimate of drug-likeness (QED) is 0.808. The van der Waals surface area contributed by atoms with Crippen LogP contribution in [-0.4, -0.2) is 71.2 Å². The van der Waals surface area contributed by atoms with E-state index in [-0.39, 0.29) is 34.3 Å². The highest BCUT2D eigenvalue weighted by Crippen LogP contribution is 2.38. The number of H-pyrrole nitrogens is 1. The molecule has 2 aliphatic rings. The number of rotatable bonds is 4. The highest BCUT2D eigenvalue weighted by atomic mass is 35.5. The topological polar surface area (TPSA) is 108 Å². The third kappa shape index (κ3) is 3.07. The summed E-state index contributed by atoms with van der Waals surface area (Å²) in [5.41, 5.74) is 0.224. The molecule has 2 bridgehead atoms. The van der Waals surface area contributed by atoms with Crippen molar-refractivity contribution in [2.45, 2.75) is 29.8 Å². The summed E-state index contributed by atoms with van der Waals surface area (Å²) in [5.74, 6) is -0.00191. The van der Waals surface area contributed by atoms with E-state index in [1.54, 1.807) is 17.0 Å². The Labute approximate surface area is 161 Å². The van der Waals surface area contributed by atoms with Gasteiger partial charge >= 0.3 is 0 Å². The Bertz CT molecular complexity index is 951. The average Bonchev–Trinajstić information content (AvgIpc) is 3.28. The molecule has 2 atom stereocenters. The minimum absolute atomic E-state index is 0.0469. The van der Waals surface area contributed by atoms with Crippen LogP contribution in [-0.2, 0) is 10.0 Å². The molecule has 2 aromatic rings. The van der Waals surface area contributed by atoms with Crippen molar-refractivity contribution >= 4 is 27.5 Å². The maximum absolute atomic E-state index is 13.3. The normalized spacial score (nSPS) is 22.8. The molecule has 2 aliphatic heterocycles. The van der Waals surface area contributed by atoms with Crippen LogP contribution >= 0.6 is 11.6 Å². The molecule has 1 aromatic heterocycles. The summed E-state index contributed by atoms with van der Waals surface area (Å²) in [4.78, 5) is 14.2. The van der Waals surface area contributed by atoms with E-state index in [0.29, 0.717) is 31.0 Å². The summed E-state index contributed by atoms with van der Waals surface area (Å²) in [6.45, 7) is 0.620. The van der Waals surface area contributed by atoms with Gasteiger partial charge in [-0.1, -0.05) is 11.6 Å². The summed E-state index contributed by atoms with van der Waals surface area (Å²) in [6, 6.07) is 3.94. The number of hydrogen-bond donors (Lipinski definition) is 1. The number of aromatic amines is 1. The minimum atomic E-state index is -3.81. The first kappa shape index (κ1) is 18.2. The van der Waals surface area contributed by atoms with Gasteiger partial charge in [0.2, 0.25) is 10.0 Å². The predicted octanol–water partition coefficient (Wildman–Crippen LogP) is 1.14. The maximum atomic E-state index is 13.3. The standard InChI is InChI=1S/C16H18ClN5O4S/c1-26-14-5-2-10(17)6-15(14)27(24,25)22-11-3-4-12(22)9-21(8-11)16(23)13-7-18-20-19-13/h2,5-7,11-12H,3-4,8-9H2,1H3,(H,18,19,20). The number of methoxy groups -OCH3 is 1. The molecule has 9 nitrogen and oxygen atoms in total. The SMILES string of the molecule is COc1ccc(Cl)cc1S(=O)(=O)N1C2CCC1CN(C(=O)c1cn[nH]n1)C2. The second-order valence-electron chi connectivity index (χ2n) is 6.58. The molecule has 0 spiro atoms. The van der Waals surface area contributed by atoms with Gasteiger partial charge in [0.05, 0.1) is 13.3 Å². The van der Waals surface area contributed by atoms with Gasteiger partial charge in [-0.2, -0.15) is 19.7 Å². The molecule has 0 saturated carbocycles. The number of aromatic nitrogens is 3. The summed E-state index contributed by atoms with van der Waals surface area (Å²) in [7, 11) is -2.39. The van der Waals surface area contributed by atoms with Crippen molar-refractivity contribution in [3.63, 3.8) is 0 Å². The molecule has 0 radical (unpaired) electrons. The van der Waals surface area contributed by atoms with E-state index >= 15 is 0 Å². The number of piperazine rings is 1. The Hall–Kier alpha value is -2.17. The molecule has 4 rings (SSSR count). The van der Waals surface area contributed by atoms with Crippen molar-refractivity contribution in [1.29, 1.82) is 0 Å². The number of nitrogens with one attached hydrogen (secondary N) is 1. The molecule has 2 unspecified atom stereocenters. The lowest BCUT2D eigenvalue weighted by atomic mass is 10.2. The number of carbonyl (C=O) groups is 1. The number of nitrogens with zero attached hydrogens (tertiary/aromatic N) is 4. The van der Waals surface area contributed by atoms with Gasteiger partial charge < -0.3 is 9.64 Å². The molecule has 3 heterocycles. The van der Waals surface area contributed by atoms with E-state index in [2.05, 4.69) is 15.4 Å². The number of fused-ring (bicyclic) bond motifs is 2. The minimum Gasteiger partial charge on any atom is -0.495 e. The zero-order valence-corrected chi connectivity index (χ0v) is 16.1. The molecule has 0 aliphatic carbocycles. The Balaban J connectivity index is 1.63. The van der Waals surface area contributed by atoms with Crippen LogP contribution in [0.3, 0.4) is 0 Å². The van der Waals surface area contributed by atoms with E-state index < -0.39 is 10.0 Å². The van der Waals surface area contributed by atoms with E-state index in [9.17, 15) is 13.2 Å². The molecule has 2 fully saturated rings. The number of hydrogen-bond acceptors (Lipinski definition) is 6. The van der Waals surface area contributed by atoms with Gasteiger partial charge in [-0.3, -0.25) is 4.79 Å².